The van der Waals surface area contributed by atoms with Crippen molar-refractivity contribution in [2.75, 3.05) is 13.7 Å². The Morgan fingerprint density at radius 1 is 0.949 bits per heavy atom. The first-order valence-corrected chi connectivity index (χ1v) is 12.6. The van der Waals surface area contributed by atoms with Gasteiger partial charge in [-0.3, -0.25) is 0 Å². The summed E-state index contributed by atoms with van der Waals surface area (Å²) in [4.78, 5) is 8.04. The third-order valence-corrected chi connectivity index (χ3v) is 6.60. The minimum Gasteiger partial charge on any atom is -0.489 e. The van der Waals surface area contributed by atoms with Crippen molar-refractivity contribution in [2.24, 2.45) is 0 Å². The van der Waals surface area contributed by atoms with E-state index in [9.17, 15) is 4.39 Å². The summed E-state index contributed by atoms with van der Waals surface area (Å²) in [6.45, 7) is 10.3. The zero-order valence-electron chi connectivity index (χ0n) is 21.7. The Morgan fingerprint density at radius 2 is 1.82 bits per heavy atom. The van der Waals surface area contributed by atoms with Crippen LogP contribution in [0.3, 0.4) is 0 Å². The Morgan fingerprint density at radius 3 is 2.59 bits per heavy atom. The average Bonchev–Trinajstić information content (AvgIpc) is 3.27. The smallest absolute Gasteiger partial charge is 0.190 e. The van der Waals surface area contributed by atoms with Crippen LogP contribution in [0.25, 0.3) is 27.0 Å². The number of hydrogen-bond acceptors (Lipinski definition) is 3. The lowest BCUT2D eigenvalue weighted by atomic mass is 10.0. The number of fused-ring (bicyclic) bond motifs is 1. The Labute approximate surface area is 226 Å². The van der Waals surface area contributed by atoms with Gasteiger partial charge in [-0.2, -0.15) is 0 Å². The molecule has 0 bridgehead atoms. The monoisotopic (exact) mass is 523 g/mol. The van der Waals surface area contributed by atoms with Gasteiger partial charge in [0.05, 0.1) is 24.2 Å². The number of imidazole rings is 1. The van der Waals surface area contributed by atoms with Crippen LogP contribution in [0, 0.1) is 25.1 Å². The van der Waals surface area contributed by atoms with Crippen LogP contribution in [0.15, 0.2) is 78.9 Å². The number of benzene rings is 4. The molecule has 0 fully saturated rings. The molecule has 0 atom stereocenters. The van der Waals surface area contributed by atoms with Crippen LogP contribution in [0.5, 0.6) is 5.75 Å². The molecule has 0 saturated heterocycles. The summed E-state index contributed by atoms with van der Waals surface area (Å²) in [5, 5.41) is 0. The lowest BCUT2D eigenvalue weighted by Gasteiger charge is -2.12. The number of aryl methyl sites for hydroxylation is 1. The van der Waals surface area contributed by atoms with Gasteiger partial charge in [0.25, 0.3) is 0 Å². The fourth-order valence-electron chi connectivity index (χ4n) is 4.57. The number of nitrogens with zero attached hydrogens (tertiary/aromatic N) is 3. The van der Waals surface area contributed by atoms with Gasteiger partial charge in [0.1, 0.15) is 29.8 Å². The van der Waals surface area contributed by atoms with Crippen molar-refractivity contribution in [2.45, 2.75) is 26.5 Å². The fraction of sp³-hybridized carbons (Fsp3) is 0.188. The second kappa shape index (κ2) is 11.5. The normalized spacial score (nSPS) is 11.1. The lowest BCUT2D eigenvalue weighted by molar-refractivity contribution is 0.187. The van der Waals surface area contributed by atoms with E-state index >= 15 is 4.39 Å². The highest BCUT2D eigenvalue weighted by atomic mass is 19.1. The highest BCUT2D eigenvalue weighted by Gasteiger charge is 2.14. The molecule has 4 aromatic carbocycles. The molecule has 0 amide bonds. The lowest BCUT2D eigenvalue weighted by Crippen LogP contribution is -2.09. The summed E-state index contributed by atoms with van der Waals surface area (Å²) in [5.41, 5.74) is 5.59. The molecule has 0 N–H and O–H groups in total. The minimum absolute atomic E-state index is 0.00141. The van der Waals surface area contributed by atoms with Crippen LogP contribution in [-0.2, 0) is 24.3 Å². The standard InChI is InChI=1S/C32H27F2N3O2/c1-21-7-12-30-31(15-21)37(13-14-38-3)32(36-30)17-22-8-11-27(29(34)16-22)23-5-4-6-26(18-23)39-20-24-9-10-25(35-2)19-28(24)33/h4-12,15-16,18-19H,13-14,17,20H2,1,3H3. The molecule has 0 aliphatic carbocycles. The molecule has 5 aromatic rings. The van der Waals surface area contributed by atoms with E-state index < -0.39 is 5.82 Å². The highest BCUT2D eigenvalue weighted by molar-refractivity contribution is 5.77. The van der Waals surface area contributed by atoms with Crippen molar-refractivity contribution >= 4 is 16.7 Å². The molecule has 196 valence electrons. The molecule has 0 radical (unpaired) electrons. The molecule has 0 unspecified atom stereocenters. The predicted octanol–water partition coefficient (Wildman–Crippen LogP) is 7.66. The number of methoxy groups -OCH3 is 1. The number of rotatable bonds is 9. The zero-order chi connectivity index (χ0) is 27.4. The molecule has 5 rings (SSSR count). The maximum atomic E-state index is 15.3. The van der Waals surface area contributed by atoms with Crippen LogP contribution in [0.4, 0.5) is 14.5 Å². The van der Waals surface area contributed by atoms with Gasteiger partial charge in [-0.1, -0.05) is 42.5 Å². The second-order valence-electron chi connectivity index (χ2n) is 9.36. The van der Waals surface area contributed by atoms with Gasteiger partial charge in [-0.25, -0.2) is 18.6 Å². The fourth-order valence-corrected chi connectivity index (χ4v) is 4.57. The third-order valence-electron chi connectivity index (χ3n) is 6.60. The maximum absolute atomic E-state index is 15.3. The largest absolute Gasteiger partial charge is 0.489 e. The summed E-state index contributed by atoms with van der Waals surface area (Å²) in [6, 6.07) is 22.7. The van der Waals surface area contributed by atoms with E-state index in [0.29, 0.717) is 42.0 Å². The highest BCUT2D eigenvalue weighted by Crippen LogP contribution is 2.29. The van der Waals surface area contributed by atoms with E-state index in [1.165, 1.54) is 12.1 Å². The van der Waals surface area contributed by atoms with Crippen LogP contribution in [0.1, 0.15) is 22.5 Å². The van der Waals surface area contributed by atoms with Crippen LogP contribution < -0.4 is 4.74 Å². The van der Waals surface area contributed by atoms with Crippen LogP contribution >= 0.6 is 0 Å². The molecule has 7 heteroatoms. The van der Waals surface area contributed by atoms with Gasteiger partial charge >= 0.3 is 0 Å². The SMILES string of the molecule is [C-]#[N+]c1ccc(COc2cccc(-c3ccc(Cc4nc5ccc(C)cc5n4CCOC)cc3F)c2)c(F)c1. The van der Waals surface area contributed by atoms with E-state index in [1.54, 1.807) is 43.5 Å². The second-order valence-corrected chi connectivity index (χ2v) is 9.36. The van der Waals surface area contributed by atoms with Gasteiger partial charge in [-0.15, -0.1) is 0 Å². The summed E-state index contributed by atoms with van der Waals surface area (Å²) in [6.07, 6.45) is 0.482. The van der Waals surface area contributed by atoms with E-state index in [2.05, 4.69) is 15.5 Å². The molecule has 0 aliphatic rings. The summed E-state index contributed by atoms with van der Waals surface area (Å²) in [7, 11) is 1.67. The van der Waals surface area contributed by atoms with Crippen molar-refractivity contribution in [3.63, 3.8) is 0 Å². The molecule has 0 saturated carbocycles. The zero-order valence-corrected chi connectivity index (χ0v) is 21.7. The number of halogens is 2. The van der Waals surface area contributed by atoms with Crippen molar-refractivity contribution in [1.82, 2.24) is 9.55 Å². The maximum Gasteiger partial charge on any atom is 0.190 e. The molecule has 39 heavy (non-hydrogen) atoms. The minimum atomic E-state index is -0.493. The van der Waals surface area contributed by atoms with E-state index in [-0.39, 0.29) is 18.1 Å². The Hall–Kier alpha value is -4.54. The number of hydrogen-bond donors (Lipinski definition) is 0. The topological polar surface area (TPSA) is 40.6 Å². The van der Waals surface area contributed by atoms with E-state index in [0.717, 1.165) is 28.0 Å². The Kier molecular flexibility index (Phi) is 7.67. The molecule has 0 aliphatic heterocycles. The number of aromatic nitrogens is 2. The van der Waals surface area contributed by atoms with Crippen LogP contribution in [0.2, 0.25) is 0 Å². The molecular formula is C32H27F2N3O2. The van der Waals surface area contributed by atoms with E-state index in [1.807, 2.05) is 31.2 Å². The van der Waals surface area contributed by atoms with Gasteiger partial charge in [0.15, 0.2) is 5.69 Å². The van der Waals surface area contributed by atoms with Crippen molar-refractivity contribution in [3.05, 3.63) is 124 Å². The van der Waals surface area contributed by atoms with Gasteiger partial charge in [0.2, 0.25) is 0 Å². The molecule has 5 nitrogen and oxygen atoms in total. The first-order valence-electron chi connectivity index (χ1n) is 12.6. The average molecular weight is 524 g/mol. The van der Waals surface area contributed by atoms with Crippen molar-refractivity contribution < 1.29 is 18.3 Å². The molecule has 0 spiro atoms. The Bertz CT molecular complexity index is 1690. The summed E-state index contributed by atoms with van der Waals surface area (Å²) < 4.78 is 42.8. The van der Waals surface area contributed by atoms with Gasteiger partial charge in [-0.05, 0) is 60.0 Å². The van der Waals surface area contributed by atoms with Crippen molar-refractivity contribution in [1.29, 1.82) is 0 Å². The van der Waals surface area contributed by atoms with Gasteiger partial charge < -0.3 is 14.0 Å². The van der Waals surface area contributed by atoms with Gasteiger partial charge in [0, 0.05) is 31.2 Å². The predicted molar refractivity (Wildman–Crippen MR) is 148 cm³/mol. The summed E-state index contributed by atoms with van der Waals surface area (Å²) in [5.74, 6) is 0.506. The van der Waals surface area contributed by atoms with Crippen molar-refractivity contribution in [3.8, 4) is 16.9 Å². The Balaban J connectivity index is 1.35. The molecular weight excluding hydrogens is 496 g/mol. The molecule has 1 heterocycles. The molecule has 1 aromatic heterocycles. The first-order chi connectivity index (χ1) is 18.9. The van der Waals surface area contributed by atoms with Crippen LogP contribution in [-0.4, -0.2) is 23.3 Å². The third kappa shape index (κ3) is 5.82. The quantitative estimate of drug-likeness (QED) is 0.186. The van der Waals surface area contributed by atoms with E-state index in [4.69, 9.17) is 21.0 Å². The first kappa shape index (κ1) is 26.1. The summed E-state index contributed by atoms with van der Waals surface area (Å²) >= 11 is 0. The number of ether oxygens (including phenoxy) is 2.